The van der Waals surface area contributed by atoms with Gasteiger partial charge < -0.3 is 9.29 Å². The summed E-state index contributed by atoms with van der Waals surface area (Å²) < 4.78 is 3.94. The molecular weight excluding hydrogens is 383 g/mol. The Morgan fingerprint density at radius 2 is 1.37 bits per heavy atom. The van der Waals surface area contributed by atoms with Gasteiger partial charge in [-0.25, -0.2) is 0 Å². The first kappa shape index (κ1) is 15.4. The lowest BCUT2D eigenvalue weighted by Gasteiger charge is -2.33. The van der Waals surface area contributed by atoms with Crippen molar-refractivity contribution in [2.45, 2.75) is 0 Å². The van der Waals surface area contributed by atoms with Crippen molar-refractivity contribution < 1.29 is 0 Å². The minimum absolute atomic E-state index is 0.144. The summed E-state index contributed by atoms with van der Waals surface area (Å²) in [6, 6.07) is 33.4. The zero-order chi connectivity index (χ0) is 19.4. The van der Waals surface area contributed by atoms with Gasteiger partial charge >= 0.3 is 6.98 Å². The van der Waals surface area contributed by atoms with E-state index < -0.39 is 0 Å². The lowest BCUT2D eigenvalue weighted by Crippen LogP contribution is -2.51. The number of para-hydroxylation sites is 3. The molecule has 4 heterocycles. The first-order valence-electron chi connectivity index (χ1n) is 10.3. The Kier molecular flexibility index (Phi) is 2.64. The number of fused-ring (bicyclic) bond motifs is 13. The molecule has 0 unspecified atom stereocenters. The van der Waals surface area contributed by atoms with E-state index in [1.165, 1.54) is 59.2 Å². The van der Waals surface area contributed by atoms with E-state index in [1.807, 2.05) is 11.3 Å². The fourth-order valence-corrected chi connectivity index (χ4v) is 6.91. The lowest BCUT2D eigenvalue weighted by molar-refractivity contribution is 1.32. The normalized spacial score (nSPS) is 13.9. The van der Waals surface area contributed by atoms with Crippen LogP contribution in [-0.4, -0.2) is 11.5 Å². The zero-order valence-corrected chi connectivity index (χ0v) is 16.9. The van der Waals surface area contributed by atoms with Crippen molar-refractivity contribution in [2.24, 2.45) is 0 Å². The van der Waals surface area contributed by atoms with Crippen LogP contribution in [0.4, 0.5) is 11.4 Å². The van der Waals surface area contributed by atoms with Crippen molar-refractivity contribution in [1.29, 1.82) is 0 Å². The summed E-state index contributed by atoms with van der Waals surface area (Å²) in [5.41, 5.74) is 8.06. The van der Waals surface area contributed by atoms with E-state index in [2.05, 4.69) is 100 Å². The highest BCUT2D eigenvalue weighted by atomic mass is 32.1. The van der Waals surface area contributed by atoms with Crippen molar-refractivity contribution in [3.05, 3.63) is 91.0 Å². The molecule has 138 valence electrons. The van der Waals surface area contributed by atoms with Crippen LogP contribution in [0.1, 0.15) is 0 Å². The fraction of sp³-hybridized carbons (Fsp3) is 0. The molecule has 0 aliphatic carbocycles. The van der Waals surface area contributed by atoms with Crippen molar-refractivity contribution >= 4 is 67.0 Å². The van der Waals surface area contributed by atoms with Gasteiger partial charge in [0.15, 0.2) is 0 Å². The van der Waals surface area contributed by atoms with E-state index in [1.54, 1.807) is 0 Å². The topological polar surface area (TPSA) is 8.17 Å². The third-order valence-corrected chi connectivity index (χ3v) is 7.98. The van der Waals surface area contributed by atoms with Gasteiger partial charge in [0.1, 0.15) is 0 Å². The second-order valence-electron chi connectivity index (χ2n) is 8.16. The lowest BCUT2D eigenvalue weighted by atomic mass is 9.61. The molecule has 2 aromatic heterocycles. The van der Waals surface area contributed by atoms with E-state index in [4.69, 9.17) is 0 Å². The van der Waals surface area contributed by atoms with Gasteiger partial charge in [0.05, 0.1) is 11.2 Å². The molecular formula is C26H15BN2S. The molecule has 0 fully saturated rings. The number of thiophene rings is 1. The predicted octanol–water partition coefficient (Wildman–Crippen LogP) is 6.38. The van der Waals surface area contributed by atoms with Gasteiger partial charge in [-0.2, -0.15) is 0 Å². The molecule has 0 spiro atoms. The molecule has 2 aliphatic heterocycles. The molecule has 30 heavy (non-hydrogen) atoms. The third kappa shape index (κ3) is 1.62. The van der Waals surface area contributed by atoms with Gasteiger partial charge in [-0.15, -0.1) is 11.3 Å². The largest absolute Gasteiger partial charge is 0.422 e. The molecule has 0 N–H and O–H groups in total. The Balaban J connectivity index is 1.62. The van der Waals surface area contributed by atoms with Crippen LogP contribution in [0, 0.1) is 0 Å². The average molecular weight is 398 g/mol. The predicted molar refractivity (Wildman–Crippen MR) is 130 cm³/mol. The molecule has 0 saturated carbocycles. The molecule has 4 aromatic carbocycles. The number of benzene rings is 4. The van der Waals surface area contributed by atoms with Crippen LogP contribution in [0.2, 0.25) is 0 Å². The Bertz CT molecular complexity index is 1680. The molecule has 0 saturated heterocycles. The van der Waals surface area contributed by atoms with Gasteiger partial charge in [-0.05, 0) is 35.1 Å². The van der Waals surface area contributed by atoms with E-state index in [9.17, 15) is 0 Å². The molecule has 0 atom stereocenters. The van der Waals surface area contributed by atoms with E-state index in [-0.39, 0.29) is 6.98 Å². The molecule has 2 nitrogen and oxygen atoms in total. The highest BCUT2D eigenvalue weighted by Crippen LogP contribution is 2.51. The Morgan fingerprint density at radius 3 is 2.33 bits per heavy atom. The smallest absolute Gasteiger partial charge is 0.359 e. The summed E-state index contributed by atoms with van der Waals surface area (Å²) in [4.78, 5) is 3.97. The molecule has 0 bridgehead atoms. The van der Waals surface area contributed by atoms with Crippen LogP contribution >= 0.6 is 11.3 Å². The average Bonchev–Trinajstić information content (AvgIpc) is 3.46. The Morgan fingerprint density at radius 1 is 0.633 bits per heavy atom. The van der Waals surface area contributed by atoms with Crippen LogP contribution in [0.15, 0.2) is 91.0 Å². The van der Waals surface area contributed by atoms with Crippen molar-refractivity contribution in [3.8, 4) is 10.4 Å². The van der Waals surface area contributed by atoms with Crippen LogP contribution in [0.3, 0.4) is 0 Å². The molecule has 2 aliphatic rings. The second-order valence-corrected chi connectivity index (χ2v) is 9.21. The second kappa shape index (κ2) is 5.16. The maximum Gasteiger partial charge on any atom is 0.422 e. The number of nitrogens with zero attached hydrogens (tertiary/aromatic N) is 2. The highest BCUT2D eigenvalue weighted by molar-refractivity contribution is 7.24. The fourth-order valence-electron chi connectivity index (χ4n) is 5.65. The number of rotatable bonds is 0. The standard InChI is InChI=1S/C26H15BN2S/c1-4-12-20-16(8-1)17-11-7-14-22-25(17)29(20)27-24-19-10-3-6-15-23(19)30-26(24)18-9-2-5-13-21(18)28(22)27/h1-15H. The van der Waals surface area contributed by atoms with Gasteiger partial charge in [-0.1, -0.05) is 66.7 Å². The summed E-state index contributed by atoms with van der Waals surface area (Å²) in [5, 5.41) is 4.06. The zero-order valence-electron chi connectivity index (χ0n) is 16.0. The Labute approximate surface area is 177 Å². The minimum Gasteiger partial charge on any atom is -0.359 e. The Hall–Kier alpha value is -3.50. The van der Waals surface area contributed by atoms with Gasteiger partial charge in [0.25, 0.3) is 0 Å². The van der Waals surface area contributed by atoms with Crippen molar-refractivity contribution in [3.63, 3.8) is 0 Å². The van der Waals surface area contributed by atoms with Crippen molar-refractivity contribution in [1.82, 2.24) is 4.48 Å². The van der Waals surface area contributed by atoms with Gasteiger partial charge in [0.2, 0.25) is 0 Å². The summed E-state index contributed by atoms with van der Waals surface area (Å²) in [7, 11) is 0. The summed E-state index contributed by atoms with van der Waals surface area (Å²) in [6.07, 6.45) is 0. The monoisotopic (exact) mass is 398 g/mol. The molecule has 6 aromatic rings. The summed E-state index contributed by atoms with van der Waals surface area (Å²) >= 11 is 1.93. The first-order chi connectivity index (χ1) is 14.9. The number of hydrogen-bond acceptors (Lipinski definition) is 2. The highest BCUT2D eigenvalue weighted by Gasteiger charge is 2.46. The molecule has 4 heteroatoms. The molecule has 8 rings (SSSR count). The quantitative estimate of drug-likeness (QED) is 0.269. The third-order valence-electron chi connectivity index (χ3n) is 6.76. The van der Waals surface area contributed by atoms with E-state index in [0.29, 0.717) is 0 Å². The summed E-state index contributed by atoms with van der Waals surface area (Å²) in [5.74, 6) is 0. The van der Waals surface area contributed by atoms with Crippen molar-refractivity contribution in [2.75, 3.05) is 4.81 Å². The van der Waals surface area contributed by atoms with Gasteiger partial charge in [0, 0.05) is 37.1 Å². The van der Waals surface area contributed by atoms with Crippen LogP contribution in [-0.2, 0) is 0 Å². The van der Waals surface area contributed by atoms with Crippen LogP contribution in [0.5, 0.6) is 0 Å². The number of anilines is 2. The van der Waals surface area contributed by atoms with Crippen LogP contribution < -0.4 is 10.3 Å². The SMILES string of the molecule is c1ccc2c(c1)-c1sc3ccccc3c1B1N2c2cccc3c4ccccc4n1c23. The summed E-state index contributed by atoms with van der Waals surface area (Å²) in [6.45, 7) is 0.144. The van der Waals surface area contributed by atoms with E-state index in [0.717, 1.165) is 0 Å². The maximum absolute atomic E-state index is 2.58. The van der Waals surface area contributed by atoms with Gasteiger partial charge in [-0.3, -0.25) is 0 Å². The first-order valence-corrected chi connectivity index (χ1v) is 11.2. The van der Waals surface area contributed by atoms with E-state index >= 15 is 0 Å². The minimum atomic E-state index is 0.144. The molecule has 0 amide bonds. The number of hydrogen-bond donors (Lipinski definition) is 0. The van der Waals surface area contributed by atoms with Crippen LogP contribution in [0.25, 0.3) is 42.3 Å². The molecule has 0 radical (unpaired) electrons. The maximum atomic E-state index is 2.58. The number of aromatic nitrogens is 1.